The van der Waals surface area contributed by atoms with Gasteiger partial charge in [-0.3, -0.25) is 0 Å². The summed E-state index contributed by atoms with van der Waals surface area (Å²) < 4.78 is 45.7. The number of sulfone groups is 1. The molecule has 0 saturated heterocycles. The van der Waals surface area contributed by atoms with Gasteiger partial charge in [0.15, 0.2) is 19.7 Å². The molecule has 0 radical (unpaired) electrons. The number of halogens is 2. The fraction of sp³-hybridized carbons (Fsp3) is 0.316. The summed E-state index contributed by atoms with van der Waals surface area (Å²) in [6.45, 7) is 6.62. The number of hydrogen-bond donors (Lipinski definition) is 0. The molecular weight excluding hydrogens is 497 g/mol. The lowest BCUT2D eigenvalue weighted by atomic mass is 10.0. The number of rotatable bonds is 6. The second kappa shape index (κ2) is 8.56. The fourth-order valence-corrected chi connectivity index (χ4v) is 6.63. The Hall–Kier alpha value is -2.11. The van der Waals surface area contributed by atoms with Crippen LogP contribution < -0.4 is 0 Å². The Balaban J connectivity index is 2.27. The van der Waals surface area contributed by atoms with Gasteiger partial charge in [-0.15, -0.1) is 0 Å². The van der Waals surface area contributed by atoms with E-state index in [0.29, 0.717) is 16.8 Å². The van der Waals surface area contributed by atoms with Crippen LogP contribution >= 0.6 is 27.3 Å². The molecule has 160 valence electrons. The molecule has 3 rings (SSSR count). The maximum absolute atomic E-state index is 13.8. The summed E-state index contributed by atoms with van der Waals surface area (Å²) in [6, 6.07) is 5.79. The monoisotopic (exact) mass is 515 g/mol. The van der Waals surface area contributed by atoms with E-state index < -0.39 is 26.9 Å². The van der Waals surface area contributed by atoms with Gasteiger partial charge in [0.25, 0.3) is 0 Å². The quantitative estimate of drug-likeness (QED) is 0.446. The molecule has 0 spiro atoms. The summed E-state index contributed by atoms with van der Waals surface area (Å²) in [5.41, 5.74) is 1.35. The highest BCUT2D eigenvalue weighted by molar-refractivity contribution is 9.10. The Morgan fingerprint density at radius 1 is 1.37 bits per heavy atom. The van der Waals surface area contributed by atoms with E-state index in [9.17, 15) is 17.6 Å². The van der Waals surface area contributed by atoms with Gasteiger partial charge in [0.1, 0.15) is 10.4 Å². The van der Waals surface area contributed by atoms with E-state index in [0.717, 1.165) is 11.3 Å². The Bertz CT molecular complexity index is 1220. The molecule has 0 saturated carbocycles. The highest BCUT2D eigenvalue weighted by atomic mass is 79.9. The zero-order valence-corrected chi connectivity index (χ0v) is 19.9. The minimum absolute atomic E-state index is 0.0442. The Morgan fingerprint density at radius 3 is 2.67 bits per heavy atom. The van der Waals surface area contributed by atoms with Crippen LogP contribution in [-0.2, 0) is 14.6 Å². The number of esters is 1. The van der Waals surface area contributed by atoms with Gasteiger partial charge in [0.05, 0.1) is 17.6 Å². The first-order chi connectivity index (χ1) is 14.1. The highest BCUT2D eigenvalue weighted by Crippen LogP contribution is 2.36. The molecule has 0 aliphatic rings. The van der Waals surface area contributed by atoms with Gasteiger partial charge in [0, 0.05) is 5.56 Å². The van der Waals surface area contributed by atoms with Crippen molar-refractivity contribution in [3.05, 3.63) is 46.1 Å². The van der Waals surface area contributed by atoms with E-state index in [1.54, 1.807) is 33.8 Å². The zero-order valence-electron chi connectivity index (χ0n) is 16.6. The van der Waals surface area contributed by atoms with E-state index in [1.165, 1.54) is 22.9 Å². The minimum atomic E-state index is -3.60. The van der Waals surface area contributed by atoms with E-state index >= 15 is 0 Å². The summed E-state index contributed by atoms with van der Waals surface area (Å²) in [5, 5.41) is 3.93. The number of thiazole rings is 1. The lowest BCUT2D eigenvalue weighted by molar-refractivity contribution is 0.0516. The first-order valence-electron chi connectivity index (χ1n) is 9.01. The number of aryl methyl sites for hydroxylation is 1. The van der Waals surface area contributed by atoms with Crippen molar-refractivity contribution in [1.82, 2.24) is 14.8 Å². The number of aromatic nitrogens is 3. The molecule has 7 nitrogen and oxygen atoms in total. The molecule has 3 aromatic rings. The van der Waals surface area contributed by atoms with Crippen molar-refractivity contribution in [3.8, 4) is 16.3 Å². The van der Waals surface area contributed by atoms with E-state index in [4.69, 9.17) is 4.74 Å². The summed E-state index contributed by atoms with van der Waals surface area (Å²) in [5.74, 6) is -1.13. The molecule has 2 aromatic heterocycles. The summed E-state index contributed by atoms with van der Waals surface area (Å²) in [4.78, 5) is 17.1. The van der Waals surface area contributed by atoms with Crippen molar-refractivity contribution in [2.45, 2.75) is 37.2 Å². The van der Waals surface area contributed by atoms with Crippen LogP contribution in [0.15, 0.2) is 33.1 Å². The third kappa shape index (κ3) is 4.06. The number of nitrogens with zero attached hydrogens (tertiary/aromatic N) is 3. The Morgan fingerprint density at radius 2 is 2.07 bits per heavy atom. The summed E-state index contributed by atoms with van der Waals surface area (Å²) in [7, 11) is -3.60. The summed E-state index contributed by atoms with van der Waals surface area (Å²) in [6.07, 6.45) is 0. The maximum Gasteiger partial charge on any atom is 0.357 e. The predicted molar refractivity (Wildman–Crippen MR) is 115 cm³/mol. The van der Waals surface area contributed by atoms with E-state index in [1.807, 2.05) is 0 Å². The smallest absolute Gasteiger partial charge is 0.357 e. The fourth-order valence-electron chi connectivity index (χ4n) is 2.80. The molecule has 0 N–H and O–H groups in total. The number of hydrogen-bond acceptors (Lipinski definition) is 7. The van der Waals surface area contributed by atoms with Crippen molar-refractivity contribution in [3.63, 3.8) is 0 Å². The van der Waals surface area contributed by atoms with Crippen LogP contribution in [0.3, 0.4) is 0 Å². The van der Waals surface area contributed by atoms with Crippen molar-refractivity contribution < 1.29 is 22.3 Å². The molecule has 0 atom stereocenters. The number of ether oxygens (including phenoxy) is 1. The first-order valence-corrected chi connectivity index (χ1v) is 12.2. The second-order valence-corrected chi connectivity index (χ2v) is 11.0. The van der Waals surface area contributed by atoms with Crippen molar-refractivity contribution in [1.29, 1.82) is 0 Å². The van der Waals surface area contributed by atoms with E-state index in [2.05, 4.69) is 26.0 Å². The number of carbonyl (C=O) groups is 1. The normalized spacial score (nSPS) is 11.8. The lowest BCUT2D eigenvalue weighted by Crippen LogP contribution is -2.13. The van der Waals surface area contributed by atoms with E-state index in [-0.39, 0.29) is 26.2 Å². The zero-order chi connectivity index (χ0) is 22.2. The largest absolute Gasteiger partial charge is 0.461 e. The molecule has 0 aliphatic carbocycles. The molecule has 0 amide bonds. The number of carbonyl (C=O) groups excluding carboxylic acids is 1. The minimum Gasteiger partial charge on any atom is -0.461 e. The standard InChI is InChI=1S/C19H19BrFN3O4S2/c1-5-28-17(25)15-14(12-7-6-8-13(21)9-12)11(4)23-24(15)19-22-16(20)18(29-19)30(26,27)10(2)3/h6-10H,5H2,1-4H3. The van der Waals surface area contributed by atoms with Crippen LogP contribution in [0.5, 0.6) is 0 Å². The second-order valence-electron chi connectivity index (χ2n) is 6.62. The third-order valence-corrected chi connectivity index (χ3v) is 9.07. The van der Waals surface area contributed by atoms with Crippen LogP contribution in [0, 0.1) is 12.7 Å². The van der Waals surface area contributed by atoms with Gasteiger partial charge in [-0.2, -0.15) is 9.78 Å². The van der Waals surface area contributed by atoms with Crippen LogP contribution in [0.4, 0.5) is 4.39 Å². The lowest BCUT2D eigenvalue weighted by Gasteiger charge is -2.07. The van der Waals surface area contributed by atoms with Crippen LogP contribution in [-0.4, -0.2) is 41.0 Å². The maximum atomic E-state index is 13.8. The van der Waals surface area contributed by atoms with Crippen LogP contribution in [0.1, 0.15) is 37.0 Å². The Kier molecular flexibility index (Phi) is 6.44. The molecule has 0 aliphatic heterocycles. The van der Waals surface area contributed by atoms with Gasteiger partial charge in [-0.1, -0.05) is 23.5 Å². The molecule has 0 fully saturated rings. The van der Waals surface area contributed by atoms with Gasteiger partial charge >= 0.3 is 5.97 Å². The molecule has 0 unspecified atom stereocenters. The SMILES string of the molecule is CCOC(=O)c1c(-c2cccc(F)c2)c(C)nn1-c1nc(Br)c(S(=O)(=O)C(C)C)s1. The van der Waals surface area contributed by atoms with Crippen LogP contribution in [0.25, 0.3) is 16.3 Å². The van der Waals surface area contributed by atoms with Crippen molar-refractivity contribution in [2.75, 3.05) is 6.61 Å². The van der Waals surface area contributed by atoms with Gasteiger partial charge in [0.2, 0.25) is 5.13 Å². The highest BCUT2D eigenvalue weighted by Gasteiger charge is 2.30. The van der Waals surface area contributed by atoms with Gasteiger partial charge in [-0.25, -0.2) is 22.6 Å². The molecular formula is C19H19BrFN3O4S2. The molecule has 30 heavy (non-hydrogen) atoms. The third-order valence-electron chi connectivity index (χ3n) is 4.25. The predicted octanol–water partition coefficient (Wildman–Crippen LogP) is 4.56. The first kappa shape index (κ1) is 22.6. The van der Waals surface area contributed by atoms with Crippen molar-refractivity contribution >= 4 is 43.1 Å². The summed E-state index contributed by atoms with van der Waals surface area (Å²) >= 11 is 4.09. The molecule has 11 heteroatoms. The molecule has 2 heterocycles. The van der Waals surface area contributed by atoms with Gasteiger partial charge in [-0.05, 0) is 61.3 Å². The van der Waals surface area contributed by atoms with Gasteiger partial charge < -0.3 is 4.74 Å². The average molecular weight is 516 g/mol. The van der Waals surface area contributed by atoms with Crippen molar-refractivity contribution in [2.24, 2.45) is 0 Å². The topological polar surface area (TPSA) is 91.2 Å². The average Bonchev–Trinajstić information content (AvgIpc) is 3.22. The van der Waals surface area contributed by atoms with Crippen LogP contribution in [0.2, 0.25) is 0 Å². The number of benzene rings is 1. The molecule has 0 bridgehead atoms. The molecule has 1 aromatic carbocycles. The Labute approximate surface area is 186 Å².